The quantitative estimate of drug-likeness (QED) is 0.850. The Kier molecular flexibility index (Phi) is 5.67. The Balaban J connectivity index is 1.95. The zero-order chi connectivity index (χ0) is 17.7. The number of nitrogens with one attached hydrogen (secondary N) is 1. The predicted octanol–water partition coefficient (Wildman–Crippen LogP) is 3.48. The molecule has 128 valence electrons. The summed E-state index contributed by atoms with van der Waals surface area (Å²) < 4.78 is 26.8. The second kappa shape index (κ2) is 7.53. The number of aliphatic hydroxyl groups is 1. The second-order valence-electron chi connectivity index (χ2n) is 6.19. The molecule has 2 aromatic rings. The van der Waals surface area contributed by atoms with Crippen LogP contribution in [0.2, 0.25) is 0 Å². The molecule has 2 aromatic carbocycles. The summed E-state index contributed by atoms with van der Waals surface area (Å²) in [5.74, 6) is -1.77. The van der Waals surface area contributed by atoms with Crippen molar-refractivity contribution < 1.29 is 18.7 Å². The Morgan fingerprint density at radius 1 is 1.21 bits per heavy atom. The van der Waals surface area contributed by atoms with E-state index in [0.29, 0.717) is 6.07 Å². The Hall–Kier alpha value is -2.27. The van der Waals surface area contributed by atoms with E-state index >= 15 is 0 Å². The highest BCUT2D eigenvalue weighted by Gasteiger charge is 2.27. The zero-order valence-corrected chi connectivity index (χ0v) is 13.7. The standard InChI is InChI=1S/C19H21F2NO2/c1-13(14-6-4-3-5-7-14)10-18(23)22-12-19(2,24)16-9-8-15(20)11-17(16)21/h3-9,11,13,24H,10,12H2,1-2H3,(H,22,23). The molecule has 0 bridgehead atoms. The number of carbonyl (C=O) groups excluding carboxylic acids is 1. The molecule has 0 aliphatic heterocycles. The van der Waals surface area contributed by atoms with Gasteiger partial charge in [0.05, 0.1) is 6.54 Å². The van der Waals surface area contributed by atoms with Crippen molar-refractivity contribution >= 4 is 5.91 Å². The van der Waals surface area contributed by atoms with Crippen molar-refractivity contribution in [1.82, 2.24) is 5.32 Å². The van der Waals surface area contributed by atoms with Crippen LogP contribution in [-0.2, 0) is 10.4 Å². The summed E-state index contributed by atoms with van der Waals surface area (Å²) in [4.78, 5) is 12.1. The lowest BCUT2D eigenvalue weighted by atomic mass is 9.94. The Morgan fingerprint density at radius 3 is 2.50 bits per heavy atom. The molecule has 24 heavy (non-hydrogen) atoms. The van der Waals surface area contributed by atoms with E-state index in [-0.39, 0.29) is 30.4 Å². The molecule has 3 nitrogen and oxygen atoms in total. The molecule has 0 aliphatic carbocycles. The molecular weight excluding hydrogens is 312 g/mol. The summed E-state index contributed by atoms with van der Waals surface area (Å²) in [5.41, 5.74) is -0.632. The fourth-order valence-electron chi connectivity index (χ4n) is 2.54. The maximum Gasteiger partial charge on any atom is 0.220 e. The summed E-state index contributed by atoms with van der Waals surface area (Å²) in [6.07, 6.45) is 0.256. The first kappa shape index (κ1) is 18.1. The molecule has 1 amide bonds. The van der Waals surface area contributed by atoms with Crippen molar-refractivity contribution in [2.75, 3.05) is 6.54 Å². The van der Waals surface area contributed by atoms with Gasteiger partial charge in [0, 0.05) is 18.1 Å². The summed E-state index contributed by atoms with van der Waals surface area (Å²) in [6, 6.07) is 12.6. The predicted molar refractivity (Wildman–Crippen MR) is 88.4 cm³/mol. The minimum Gasteiger partial charge on any atom is -0.383 e. The van der Waals surface area contributed by atoms with E-state index < -0.39 is 17.2 Å². The van der Waals surface area contributed by atoms with Crippen molar-refractivity contribution in [2.24, 2.45) is 0 Å². The maximum absolute atomic E-state index is 13.8. The second-order valence-corrected chi connectivity index (χ2v) is 6.19. The number of carbonyl (C=O) groups is 1. The van der Waals surface area contributed by atoms with E-state index in [2.05, 4.69) is 5.32 Å². The number of hydrogen-bond acceptors (Lipinski definition) is 2. The van der Waals surface area contributed by atoms with Crippen LogP contribution < -0.4 is 5.32 Å². The molecule has 0 saturated carbocycles. The van der Waals surface area contributed by atoms with Crippen LogP contribution in [0.25, 0.3) is 0 Å². The van der Waals surface area contributed by atoms with Crippen molar-refractivity contribution in [1.29, 1.82) is 0 Å². The number of hydrogen-bond donors (Lipinski definition) is 2. The average molecular weight is 333 g/mol. The molecule has 0 spiro atoms. The molecule has 0 aromatic heterocycles. The van der Waals surface area contributed by atoms with Gasteiger partial charge < -0.3 is 10.4 Å². The van der Waals surface area contributed by atoms with Crippen LogP contribution in [-0.4, -0.2) is 17.6 Å². The third-order valence-electron chi connectivity index (χ3n) is 4.00. The Labute approximate surface area is 140 Å². The average Bonchev–Trinajstić information content (AvgIpc) is 2.53. The first-order chi connectivity index (χ1) is 11.3. The van der Waals surface area contributed by atoms with E-state index in [4.69, 9.17) is 0 Å². The van der Waals surface area contributed by atoms with Crippen molar-refractivity contribution in [2.45, 2.75) is 31.8 Å². The lowest BCUT2D eigenvalue weighted by Gasteiger charge is -2.25. The normalized spacial score (nSPS) is 14.7. The van der Waals surface area contributed by atoms with Gasteiger partial charge in [-0.25, -0.2) is 8.78 Å². The van der Waals surface area contributed by atoms with Crippen molar-refractivity contribution in [3.63, 3.8) is 0 Å². The van der Waals surface area contributed by atoms with Crippen LogP contribution >= 0.6 is 0 Å². The summed E-state index contributed by atoms with van der Waals surface area (Å²) in [5, 5.41) is 13.0. The van der Waals surface area contributed by atoms with Gasteiger partial charge >= 0.3 is 0 Å². The lowest BCUT2D eigenvalue weighted by Crippen LogP contribution is -2.39. The van der Waals surface area contributed by atoms with E-state index in [0.717, 1.165) is 11.6 Å². The van der Waals surface area contributed by atoms with Gasteiger partial charge in [0.25, 0.3) is 0 Å². The monoisotopic (exact) mass is 333 g/mol. The van der Waals surface area contributed by atoms with E-state index in [9.17, 15) is 18.7 Å². The SMILES string of the molecule is CC(CC(=O)NCC(C)(O)c1ccc(F)cc1F)c1ccccc1. The molecule has 0 saturated heterocycles. The third-order valence-corrected chi connectivity index (χ3v) is 4.00. The highest BCUT2D eigenvalue weighted by molar-refractivity contribution is 5.76. The number of rotatable bonds is 6. The maximum atomic E-state index is 13.8. The molecule has 2 rings (SSSR count). The fourth-order valence-corrected chi connectivity index (χ4v) is 2.54. The van der Waals surface area contributed by atoms with Gasteiger partial charge in [-0.2, -0.15) is 0 Å². The topological polar surface area (TPSA) is 49.3 Å². The number of amides is 1. The van der Waals surface area contributed by atoms with Crippen LogP contribution in [0.3, 0.4) is 0 Å². The molecule has 0 heterocycles. The van der Waals surface area contributed by atoms with Gasteiger partial charge in [0.2, 0.25) is 5.91 Å². The third kappa shape index (κ3) is 4.61. The largest absolute Gasteiger partial charge is 0.383 e. The van der Waals surface area contributed by atoms with Crippen LogP contribution in [0.4, 0.5) is 8.78 Å². The van der Waals surface area contributed by atoms with Gasteiger partial charge in [-0.1, -0.05) is 43.3 Å². The van der Waals surface area contributed by atoms with Gasteiger partial charge in [-0.3, -0.25) is 4.79 Å². The molecular formula is C19H21F2NO2. The molecule has 2 N–H and O–H groups in total. The summed E-state index contributed by atoms with van der Waals surface area (Å²) in [6.45, 7) is 3.16. The van der Waals surface area contributed by atoms with E-state index in [1.165, 1.54) is 13.0 Å². The van der Waals surface area contributed by atoms with Gasteiger partial charge in [0.1, 0.15) is 17.2 Å². The van der Waals surface area contributed by atoms with Gasteiger partial charge in [-0.05, 0) is 24.5 Å². The molecule has 0 fully saturated rings. The number of halogens is 2. The van der Waals surface area contributed by atoms with Gasteiger partial charge in [-0.15, -0.1) is 0 Å². The van der Waals surface area contributed by atoms with Crippen LogP contribution in [0.15, 0.2) is 48.5 Å². The molecule has 0 aliphatic rings. The van der Waals surface area contributed by atoms with Crippen molar-refractivity contribution in [3.8, 4) is 0 Å². The highest BCUT2D eigenvalue weighted by atomic mass is 19.1. The van der Waals surface area contributed by atoms with Crippen LogP contribution in [0.1, 0.15) is 37.3 Å². The number of benzene rings is 2. The van der Waals surface area contributed by atoms with Crippen molar-refractivity contribution in [3.05, 3.63) is 71.3 Å². The minimum atomic E-state index is -1.62. The Morgan fingerprint density at radius 2 is 1.88 bits per heavy atom. The summed E-state index contributed by atoms with van der Waals surface area (Å²) in [7, 11) is 0. The molecule has 2 unspecified atom stereocenters. The van der Waals surface area contributed by atoms with Crippen LogP contribution in [0.5, 0.6) is 0 Å². The highest BCUT2D eigenvalue weighted by Crippen LogP contribution is 2.24. The van der Waals surface area contributed by atoms with E-state index in [1.54, 1.807) is 0 Å². The Bertz CT molecular complexity index is 702. The van der Waals surface area contributed by atoms with Crippen LogP contribution in [0, 0.1) is 11.6 Å². The molecule has 0 radical (unpaired) electrons. The smallest absolute Gasteiger partial charge is 0.220 e. The van der Waals surface area contributed by atoms with E-state index in [1.807, 2.05) is 37.3 Å². The first-order valence-electron chi connectivity index (χ1n) is 7.79. The first-order valence-corrected chi connectivity index (χ1v) is 7.79. The minimum absolute atomic E-state index is 0.0266. The molecule has 2 atom stereocenters. The zero-order valence-electron chi connectivity index (χ0n) is 13.7. The summed E-state index contributed by atoms with van der Waals surface area (Å²) >= 11 is 0. The fraction of sp³-hybridized carbons (Fsp3) is 0.316. The lowest BCUT2D eigenvalue weighted by molar-refractivity contribution is -0.122. The van der Waals surface area contributed by atoms with Gasteiger partial charge in [0.15, 0.2) is 0 Å². The molecule has 5 heteroatoms.